The van der Waals surface area contributed by atoms with Crippen molar-refractivity contribution in [3.63, 3.8) is 0 Å². The van der Waals surface area contributed by atoms with E-state index in [-0.39, 0.29) is 23.6 Å². The highest BCUT2D eigenvalue weighted by Crippen LogP contribution is 2.33. The minimum absolute atomic E-state index is 0.117. The summed E-state index contributed by atoms with van der Waals surface area (Å²) in [5.41, 5.74) is 1.22. The maximum atomic E-state index is 13.3. The average molecular weight is 539 g/mol. The second-order valence-corrected chi connectivity index (χ2v) is 11.0. The molecule has 1 aliphatic rings. The van der Waals surface area contributed by atoms with Gasteiger partial charge in [-0.05, 0) is 52.8 Å². The first-order valence-corrected chi connectivity index (χ1v) is 13.8. The fourth-order valence-electron chi connectivity index (χ4n) is 5.19. The quantitative estimate of drug-likeness (QED) is 0.303. The number of ether oxygens (including phenoxy) is 3. The highest BCUT2D eigenvalue weighted by Gasteiger charge is 2.31. The van der Waals surface area contributed by atoms with E-state index in [0.29, 0.717) is 42.2 Å². The third-order valence-corrected chi connectivity index (χ3v) is 7.85. The summed E-state index contributed by atoms with van der Waals surface area (Å²) < 4.78 is 18.6. The van der Waals surface area contributed by atoms with E-state index >= 15 is 0 Å². The fraction of sp³-hybridized carbons (Fsp3) is 0.481. The molecule has 0 saturated carbocycles. The average Bonchev–Trinajstić information content (AvgIpc) is 3.69. The highest BCUT2D eigenvalue weighted by atomic mass is 32.1. The molecular weight excluding hydrogens is 504 g/mol. The van der Waals surface area contributed by atoms with Gasteiger partial charge in [0.2, 0.25) is 0 Å². The van der Waals surface area contributed by atoms with Crippen LogP contribution in [0.25, 0.3) is 10.9 Å². The molecule has 1 aliphatic heterocycles. The molecule has 5 rings (SSSR count). The molecule has 0 unspecified atom stereocenters. The van der Waals surface area contributed by atoms with Gasteiger partial charge in [-0.25, -0.2) is 4.68 Å². The van der Waals surface area contributed by atoms with Crippen LogP contribution in [0, 0.1) is 5.92 Å². The van der Waals surface area contributed by atoms with Crippen molar-refractivity contribution in [3.8, 4) is 11.5 Å². The number of aromatic nitrogens is 5. The minimum Gasteiger partial charge on any atom is -0.493 e. The molecule has 1 aromatic carbocycles. The van der Waals surface area contributed by atoms with Gasteiger partial charge in [0, 0.05) is 41.6 Å². The molecule has 10 nitrogen and oxygen atoms in total. The Kier molecular flexibility index (Phi) is 8.06. The van der Waals surface area contributed by atoms with E-state index < -0.39 is 0 Å². The fourth-order valence-corrected chi connectivity index (χ4v) is 5.92. The second kappa shape index (κ2) is 11.6. The Morgan fingerprint density at radius 1 is 1.21 bits per heavy atom. The van der Waals surface area contributed by atoms with Crippen LogP contribution in [0.2, 0.25) is 0 Å². The monoisotopic (exact) mass is 538 g/mol. The van der Waals surface area contributed by atoms with E-state index in [1.807, 2.05) is 22.9 Å². The van der Waals surface area contributed by atoms with Gasteiger partial charge >= 0.3 is 0 Å². The maximum Gasteiger partial charge on any atom is 0.252 e. The summed E-state index contributed by atoms with van der Waals surface area (Å²) >= 11 is 1.70. The van der Waals surface area contributed by atoms with Crippen LogP contribution < -0.4 is 15.0 Å². The lowest BCUT2D eigenvalue weighted by atomic mass is 10.00. The molecule has 0 aliphatic carbocycles. The molecule has 11 heteroatoms. The molecule has 1 fully saturated rings. The number of hydrogen-bond donors (Lipinski definition) is 1. The van der Waals surface area contributed by atoms with Crippen molar-refractivity contribution in [2.24, 2.45) is 5.92 Å². The van der Waals surface area contributed by atoms with Crippen LogP contribution in [0.4, 0.5) is 0 Å². The molecule has 0 radical (unpaired) electrons. The Hall–Kier alpha value is -3.28. The molecule has 0 amide bonds. The standard InChI is InChI=1S/C27H34N6O4S/c1-17(2)25(26-29-30-31-33(26)15-20-7-5-9-37-20)32(16-21-8-6-10-38-21)14-19-11-18-12-23(35-3)24(36-4)13-22(18)28-27(19)34/h6,8,10-13,17,20,25H,5,7,9,14-16H2,1-4H3,(H,28,34)/t20-,25-/m1/s1. The first-order chi connectivity index (χ1) is 18.5. The number of hydrogen-bond acceptors (Lipinski definition) is 9. The molecule has 1 saturated heterocycles. The number of nitrogens with one attached hydrogen (secondary N) is 1. The van der Waals surface area contributed by atoms with E-state index in [1.54, 1.807) is 31.6 Å². The summed E-state index contributed by atoms with van der Waals surface area (Å²) in [7, 11) is 3.18. The molecule has 4 heterocycles. The third-order valence-electron chi connectivity index (χ3n) is 6.99. The Labute approximate surface area is 225 Å². The van der Waals surface area contributed by atoms with E-state index in [2.05, 4.69) is 50.7 Å². The smallest absolute Gasteiger partial charge is 0.252 e. The summed E-state index contributed by atoms with van der Waals surface area (Å²) in [4.78, 5) is 19.8. The largest absolute Gasteiger partial charge is 0.493 e. The molecule has 1 N–H and O–H groups in total. The molecule has 0 spiro atoms. The lowest BCUT2D eigenvalue weighted by molar-refractivity contribution is 0.0853. The van der Waals surface area contributed by atoms with Gasteiger partial charge in [-0.2, -0.15) is 0 Å². The number of H-pyrrole nitrogens is 1. The van der Waals surface area contributed by atoms with Crippen LogP contribution in [0.15, 0.2) is 40.5 Å². The lowest BCUT2D eigenvalue weighted by Gasteiger charge is -2.33. The first-order valence-electron chi connectivity index (χ1n) is 12.9. The predicted molar refractivity (Wildman–Crippen MR) is 146 cm³/mol. The minimum atomic E-state index is -0.137. The van der Waals surface area contributed by atoms with Gasteiger partial charge < -0.3 is 19.2 Å². The van der Waals surface area contributed by atoms with Gasteiger partial charge in [-0.1, -0.05) is 19.9 Å². The number of pyridine rings is 1. The molecular formula is C27H34N6O4S. The maximum absolute atomic E-state index is 13.3. The van der Waals surface area contributed by atoms with Crippen molar-refractivity contribution >= 4 is 22.2 Å². The summed E-state index contributed by atoms with van der Waals surface area (Å²) in [6, 6.07) is 9.66. The number of benzene rings is 1. The zero-order valence-electron chi connectivity index (χ0n) is 22.2. The number of rotatable bonds is 11. The van der Waals surface area contributed by atoms with Crippen molar-refractivity contribution in [1.29, 1.82) is 0 Å². The second-order valence-electron chi connectivity index (χ2n) is 9.95. The molecule has 3 aromatic heterocycles. The normalized spacial score (nSPS) is 16.5. The Balaban J connectivity index is 1.52. The van der Waals surface area contributed by atoms with Crippen LogP contribution in [0.1, 0.15) is 49.0 Å². The van der Waals surface area contributed by atoms with Crippen LogP contribution >= 0.6 is 11.3 Å². The Morgan fingerprint density at radius 3 is 2.71 bits per heavy atom. The van der Waals surface area contributed by atoms with Gasteiger partial charge in [0.1, 0.15) is 0 Å². The summed E-state index contributed by atoms with van der Waals surface area (Å²) in [6.07, 6.45) is 2.18. The molecule has 4 aromatic rings. The highest BCUT2D eigenvalue weighted by molar-refractivity contribution is 7.09. The molecule has 38 heavy (non-hydrogen) atoms. The number of tetrazole rings is 1. The number of aromatic amines is 1. The van der Waals surface area contributed by atoms with Gasteiger partial charge in [-0.15, -0.1) is 16.4 Å². The zero-order valence-corrected chi connectivity index (χ0v) is 23.0. The number of methoxy groups -OCH3 is 2. The van der Waals surface area contributed by atoms with E-state index in [9.17, 15) is 4.79 Å². The van der Waals surface area contributed by atoms with Gasteiger partial charge in [-0.3, -0.25) is 9.69 Å². The van der Waals surface area contributed by atoms with Gasteiger partial charge in [0.25, 0.3) is 5.56 Å². The summed E-state index contributed by atoms with van der Waals surface area (Å²) in [5, 5.41) is 15.8. The topological polar surface area (TPSA) is 107 Å². The van der Waals surface area contributed by atoms with Gasteiger partial charge in [0.15, 0.2) is 17.3 Å². The number of fused-ring (bicyclic) bond motifs is 1. The van der Waals surface area contributed by atoms with Crippen molar-refractivity contribution < 1.29 is 14.2 Å². The van der Waals surface area contributed by atoms with Crippen LogP contribution in [-0.2, 0) is 24.4 Å². The summed E-state index contributed by atoms with van der Waals surface area (Å²) in [5.74, 6) is 2.16. The lowest BCUT2D eigenvalue weighted by Crippen LogP contribution is -2.35. The molecule has 2 atom stereocenters. The van der Waals surface area contributed by atoms with E-state index in [4.69, 9.17) is 14.2 Å². The van der Waals surface area contributed by atoms with Crippen molar-refractivity contribution in [1.82, 2.24) is 30.1 Å². The third kappa shape index (κ3) is 5.59. The van der Waals surface area contributed by atoms with Crippen LogP contribution in [-0.4, -0.2) is 57.0 Å². The van der Waals surface area contributed by atoms with Crippen molar-refractivity contribution in [3.05, 3.63) is 62.3 Å². The van der Waals surface area contributed by atoms with E-state index in [1.165, 1.54) is 4.88 Å². The molecule has 202 valence electrons. The molecule has 0 bridgehead atoms. The predicted octanol–water partition coefficient (Wildman–Crippen LogP) is 4.17. The Bertz CT molecular complexity index is 1410. The Morgan fingerprint density at radius 2 is 2.03 bits per heavy atom. The van der Waals surface area contributed by atoms with E-state index in [0.717, 1.165) is 30.7 Å². The van der Waals surface area contributed by atoms with Crippen molar-refractivity contribution in [2.45, 2.75) is 58.5 Å². The summed E-state index contributed by atoms with van der Waals surface area (Å²) in [6.45, 7) is 6.82. The van der Waals surface area contributed by atoms with Gasteiger partial charge in [0.05, 0.1) is 38.4 Å². The SMILES string of the molecule is COc1cc2cc(CN(Cc3cccs3)[C@@H](c3nnnn3C[C@H]3CCCO3)C(C)C)c(=O)[nH]c2cc1OC. The van der Waals surface area contributed by atoms with Crippen molar-refractivity contribution in [2.75, 3.05) is 20.8 Å². The number of thiophene rings is 1. The van der Waals surface area contributed by atoms with Crippen LogP contribution in [0.3, 0.4) is 0 Å². The first kappa shape index (κ1) is 26.3. The zero-order chi connectivity index (χ0) is 26.6. The number of nitrogens with zero attached hydrogens (tertiary/aromatic N) is 5. The van der Waals surface area contributed by atoms with Crippen LogP contribution in [0.5, 0.6) is 11.5 Å².